The van der Waals surface area contributed by atoms with Crippen molar-refractivity contribution in [2.75, 3.05) is 30.7 Å². The topological polar surface area (TPSA) is 67.6 Å². The lowest BCUT2D eigenvalue weighted by molar-refractivity contribution is 0.0983. The van der Waals surface area contributed by atoms with Crippen molar-refractivity contribution in [1.82, 2.24) is 4.90 Å². The third-order valence-electron chi connectivity index (χ3n) is 3.71. The third-order valence-corrected chi connectivity index (χ3v) is 3.71. The number of nitrogens with one attached hydrogen (secondary N) is 1. The number of nitrogen functional groups attached to an aromatic ring is 1. The number of likely N-dealkylation sites (tertiary alicyclic amines) is 1. The highest BCUT2D eigenvalue weighted by atomic mass is 19.1. The number of hydrogen-bond donors (Lipinski definition) is 2. The molecule has 1 fully saturated rings. The van der Waals surface area contributed by atoms with E-state index in [2.05, 4.69) is 5.32 Å². The number of ether oxygens (including phenoxy) is 1. The molecule has 1 aromatic rings. The lowest BCUT2D eigenvalue weighted by Crippen LogP contribution is -2.42. The van der Waals surface area contributed by atoms with E-state index in [0.29, 0.717) is 30.9 Å². The van der Waals surface area contributed by atoms with Crippen LogP contribution in [0, 0.1) is 12.7 Å². The average Bonchev–Trinajstić information content (AvgIpc) is 2.46. The maximum atomic E-state index is 13.4. The summed E-state index contributed by atoms with van der Waals surface area (Å²) >= 11 is 0. The van der Waals surface area contributed by atoms with Gasteiger partial charge in [0.15, 0.2) is 0 Å². The van der Waals surface area contributed by atoms with Crippen molar-refractivity contribution in [2.45, 2.75) is 32.7 Å². The first kappa shape index (κ1) is 15.4. The second-order valence-electron chi connectivity index (χ2n) is 5.29. The lowest BCUT2D eigenvalue weighted by Gasteiger charge is -2.32. The standard InChI is InChI=1S/C15H22FN3O2/c1-3-21-15(20)19-6-4-11(5-7-19)18-14-8-10(2)12(16)9-13(14)17/h8-9,11,18H,3-7,17H2,1-2H3. The first-order chi connectivity index (χ1) is 10.0. The van der Waals surface area contributed by atoms with Gasteiger partial charge < -0.3 is 20.7 Å². The fourth-order valence-electron chi connectivity index (χ4n) is 2.46. The molecule has 0 atom stereocenters. The Morgan fingerprint density at radius 2 is 2.14 bits per heavy atom. The molecule has 2 rings (SSSR count). The number of halogens is 1. The Balaban J connectivity index is 1.92. The van der Waals surface area contributed by atoms with Crippen LogP contribution in [-0.2, 0) is 4.74 Å². The molecule has 1 saturated heterocycles. The van der Waals surface area contributed by atoms with Crippen LogP contribution in [-0.4, -0.2) is 36.7 Å². The van der Waals surface area contributed by atoms with Crippen LogP contribution in [0.4, 0.5) is 20.6 Å². The first-order valence-corrected chi connectivity index (χ1v) is 7.25. The summed E-state index contributed by atoms with van der Waals surface area (Å²) < 4.78 is 18.4. The molecular weight excluding hydrogens is 273 g/mol. The molecule has 1 amide bonds. The number of anilines is 2. The molecule has 21 heavy (non-hydrogen) atoms. The SMILES string of the molecule is CCOC(=O)N1CCC(Nc2cc(C)c(F)cc2N)CC1. The van der Waals surface area contributed by atoms with Gasteiger partial charge in [0.2, 0.25) is 0 Å². The molecular formula is C15H22FN3O2. The Morgan fingerprint density at radius 1 is 1.48 bits per heavy atom. The van der Waals surface area contributed by atoms with Gasteiger partial charge in [0.25, 0.3) is 0 Å². The van der Waals surface area contributed by atoms with Crippen LogP contribution in [0.3, 0.4) is 0 Å². The molecule has 1 heterocycles. The van der Waals surface area contributed by atoms with Gasteiger partial charge in [-0.3, -0.25) is 0 Å². The number of piperidine rings is 1. The van der Waals surface area contributed by atoms with E-state index in [9.17, 15) is 9.18 Å². The fourth-order valence-corrected chi connectivity index (χ4v) is 2.46. The number of carbonyl (C=O) groups is 1. The van der Waals surface area contributed by atoms with Crippen molar-refractivity contribution >= 4 is 17.5 Å². The van der Waals surface area contributed by atoms with Crippen LogP contribution in [0.2, 0.25) is 0 Å². The van der Waals surface area contributed by atoms with E-state index < -0.39 is 0 Å². The van der Waals surface area contributed by atoms with Gasteiger partial charge >= 0.3 is 6.09 Å². The van der Waals surface area contributed by atoms with Crippen molar-refractivity contribution in [2.24, 2.45) is 0 Å². The van der Waals surface area contributed by atoms with Gasteiger partial charge in [-0.1, -0.05) is 0 Å². The van der Waals surface area contributed by atoms with Crippen molar-refractivity contribution in [1.29, 1.82) is 0 Å². The van der Waals surface area contributed by atoms with Crippen molar-refractivity contribution in [3.05, 3.63) is 23.5 Å². The molecule has 1 aliphatic rings. The number of carbonyl (C=O) groups excluding carboxylic acids is 1. The second-order valence-corrected chi connectivity index (χ2v) is 5.29. The summed E-state index contributed by atoms with van der Waals surface area (Å²) in [4.78, 5) is 13.3. The second kappa shape index (κ2) is 6.65. The molecule has 0 saturated carbocycles. The summed E-state index contributed by atoms with van der Waals surface area (Å²) in [7, 11) is 0. The number of hydrogen-bond acceptors (Lipinski definition) is 4. The number of rotatable bonds is 3. The average molecular weight is 295 g/mol. The Kier molecular flexibility index (Phi) is 4.88. The van der Waals surface area contributed by atoms with Crippen LogP contribution >= 0.6 is 0 Å². The smallest absolute Gasteiger partial charge is 0.409 e. The zero-order valence-electron chi connectivity index (χ0n) is 12.5. The summed E-state index contributed by atoms with van der Waals surface area (Å²) in [6, 6.07) is 3.29. The number of aryl methyl sites for hydroxylation is 1. The molecule has 6 heteroatoms. The molecule has 116 valence electrons. The normalized spacial score (nSPS) is 15.9. The number of nitrogens with zero attached hydrogens (tertiary/aromatic N) is 1. The van der Waals surface area contributed by atoms with Crippen LogP contribution < -0.4 is 11.1 Å². The molecule has 5 nitrogen and oxygen atoms in total. The van der Waals surface area contributed by atoms with E-state index in [4.69, 9.17) is 10.5 Å². The highest BCUT2D eigenvalue weighted by Gasteiger charge is 2.23. The summed E-state index contributed by atoms with van der Waals surface area (Å²) in [6.45, 7) is 5.20. The largest absolute Gasteiger partial charge is 0.450 e. The molecule has 1 aromatic carbocycles. The van der Waals surface area contributed by atoms with Crippen molar-refractivity contribution in [3.8, 4) is 0 Å². The molecule has 0 bridgehead atoms. The molecule has 0 aromatic heterocycles. The Hall–Kier alpha value is -1.98. The number of nitrogens with two attached hydrogens (primary N) is 1. The Labute approximate surface area is 124 Å². The van der Waals surface area contributed by atoms with Gasteiger partial charge in [-0.25, -0.2) is 9.18 Å². The monoisotopic (exact) mass is 295 g/mol. The first-order valence-electron chi connectivity index (χ1n) is 7.25. The molecule has 1 aliphatic heterocycles. The highest BCUT2D eigenvalue weighted by molar-refractivity contribution is 5.69. The van der Waals surface area contributed by atoms with Crippen molar-refractivity contribution < 1.29 is 13.9 Å². The van der Waals surface area contributed by atoms with E-state index >= 15 is 0 Å². The van der Waals surface area contributed by atoms with Crippen LogP contribution in [0.5, 0.6) is 0 Å². The molecule has 3 N–H and O–H groups in total. The predicted molar refractivity (Wildman–Crippen MR) is 80.8 cm³/mol. The van der Waals surface area contributed by atoms with Crippen LogP contribution in [0.25, 0.3) is 0 Å². The zero-order valence-corrected chi connectivity index (χ0v) is 12.5. The Bertz CT molecular complexity index is 514. The molecule has 0 unspecified atom stereocenters. The van der Waals surface area contributed by atoms with Gasteiger partial charge in [-0.2, -0.15) is 0 Å². The minimum absolute atomic E-state index is 0.225. The quantitative estimate of drug-likeness (QED) is 0.841. The van der Waals surface area contributed by atoms with Crippen LogP contribution in [0.15, 0.2) is 12.1 Å². The maximum absolute atomic E-state index is 13.4. The van der Waals surface area contributed by atoms with Crippen LogP contribution in [0.1, 0.15) is 25.3 Å². The highest BCUT2D eigenvalue weighted by Crippen LogP contribution is 2.25. The molecule has 0 radical (unpaired) electrons. The Morgan fingerprint density at radius 3 is 2.76 bits per heavy atom. The minimum Gasteiger partial charge on any atom is -0.450 e. The summed E-state index contributed by atoms with van der Waals surface area (Å²) in [5, 5.41) is 3.34. The fraction of sp³-hybridized carbons (Fsp3) is 0.533. The van der Waals surface area contributed by atoms with Gasteiger partial charge in [-0.05, 0) is 44.4 Å². The van der Waals surface area contributed by atoms with E-state index in [1.54, 1.807) is 24.8 Å². The summed E-state index contributed by atoms with van der Waals surface area (Å²) in [5.41, 5.74) is 7.56. The zero-order chi connectivity index (χ0) is 15.4. The summed E-state index contributed by atoms with van der Waals surface area (Å²) in [6.07, 6.45) is 1.37. The molecule has 0 aliphatic carbocycles. The van der Waals surface area contributed by atoms with Gasteiger partial charge in [-0.15, -0.1) is 0 Å². The summed E-state index contributed by atoms with van der Waals surface area (Å²) in [5.74, 6) is -0.296. The number of amides is 1. The van der Waals surface area contributed by atoms with Crippen molar-refractivity contribution in [3.63, 3.8) is 0 Å². The van der Waals surface area contributed by atoms with Gasteiger partial charge in [0.1, 0.15) is 5.82 Å². The minimum atomic E-state index is -0.296. The van der Waals surface area contributed by atoms with E-state index in [0.717, 1.165) is 18.5 Å². The van der Waals surface area contributed by atoms with E-state index in [-0.39, 0.29) is 18.0 Å². The lowest BCUT2D eigenvalue weighted by atomic mass is 10.0. The predicted octanol–water partition coefficient (Wildman–Crippen LogP) is 2.75. The van der Waals surface area contributed by atoms with Gasteiger partial charge in [0, 0.05) is 19.1 Å². The van der Waals surface area contributed by atoms with E-state index in [1.807, 2.05) is 0 Å². The number of benzene rings is 1. The van der Waals surface area contributed by atoms with Gasteiger partial charge in [0.05, 0.1) is 18.0 Å². The molecule has 0 spiro atoms. The maximum Gasteiger partial charge on any atom is 0.409 e. The van der Waals surface area contributed by atoms with E-state index in [1.165, 1.54) is 6.07 Å². The third kappa shape index (κ3) is 3.77.